The normalized spacial score (nSPS) is 11.4. The van der Waals surface area contributed by atoms with Gasteiger partial charge in [-0.1, -0.05) is 237 Å². The first-order valence-corrected chi connectivity index (χ1v) is 25.5. The van der Waals surface area contributed by atoms with E-state index < -0.39 is 8.07 Å². The van der Waals surface area contributed by atoms with Crippen LogP contribution in [0, 0.1) is 6.57 Å². The van der Waals surface area contributed by atoms with Gasteiger partial charge < -0.3 is 4.57 Å². The summed E-state index contributed by atoms with van der Waals surface area (Å²) in [5, 5.41) is 7.46. The summed E-state index contributed by atoms with van der Waals surface area (Å²) in [6.45, 7) is 7.98. The highest BCUT2D eigenvalue weighted by molar-refractivity contribution is 7.19. The Balaban J connectivity index is 1.14. The molecule has 0 aliphatic rings. The molecule has 0 aliphatic heterocycles. The van der Waals surface area contributed by atoms with Crippen LogP contribution in [0.1, 0.15) is 0 Å². The number of hydrogen-bond acceptors (Lipinski definition) is 3. The third-order valence-electron chi connectivity index (χ3n) is 13.4. The Hall–Kier alpha value is -9.28. The second-order valence-corrected chi connectivity index (χ2v) is 21.2. The van der Waals surface area contributed by atoms with Gasteiger partial charge in [-0.25, -0.2) is 19.8 Å². The van der Waals surface area contributed by atoms with Crippen molar-refractivity contribution in [2.24, 2.45) is 0 Å². The molecule has 0 amide bonds. The van der Waals surface area contributed by atoms with Gasteiger partial charge in [-0.3, -0.25) is 0 Å². The molecule has 12 rings (SSSR count). The van der Waals surface area contributed by atoms with E-state index in [4.69, 9.17) is 21.5 Å². The van der Waals surface area contributed by atoms with E-state index in [0.29, 0.717) is 23.2 Å². The fourth-order valence-corrected chi connectivity index (χ4v) is 15.0. The molecule has 0 aliphatic carbocycles. The smallest absolute Gasteiger partial charge is 0.194 e. The predicted octanol–water partition coefficient (Wildman–Crippen LogP) is 13.2. The van der Waals surface area contributed by atoms with Crippen molar-refractivity contribution in [2.75, 3.05) is 0 Å². The molecule has 70 heavy (non-hydrogen) atoms. The molecule has 0 unspecified atom stereocenters. The van der Waals surface area contributed by atoms with Crippen molar-refractivity contribution in [3.05, 3.63) is 272 Å². The lowest BCUT2D eigenvalue weighted by Crippen LogP contribution is -2.74. The van der Waals surface area contributed by atoms with Crippen molar-refractivity contribution < 1.29 is 0 Å². The average molecular weight is 910 g/mol. The van der Waals surface area contributed by atoms with E-state index in [1.807, 2.05) is 60.7 Å². The molecular weight excluding hydrogens is 867 g/mol. The van der Waals surface area contributed by atoms with Gasteiger partial charge in [0.1, 0.15) is 0 Å². The maximum Gasteiger partial charge on any atom is 0.194 e. The Morgan fingerprint density at radius 1 is 0.329 bits per heavy atom. The highest BCUT2D eigenvalue weighted by atomic mass is 28.3. The Morgan fingerprint density at radius 2 is 0.814 bits per heavy atom. The molecule has 0 fully saturated rings. The minimum Gasteiger partial charge on any atom is -0.309 e. The van der Waals surface area contributed by atoms with Gasteiger partial charge in [0.25, 0.3) is 0 Å². The zero-order chi connectivity index (χ0) is 46.9. The summed E-state index contributed by atoms with van der Waals surface area (Å²) < 4.78 is 2.34. The SMILES string of the molecule is [C-]#[N+]c1ccccc1-c1ccc2c3ccccc3n(-c3ccc(-c4cccc([Si](c5ccccc5)(c5ccccc5)c5ccccc5)c4)c(-c4nc(-c5ccccc5)nc(-c5ccccc5)n4)c3)c2c1. The summed E-state index contributed by atoms with van der Waals surface area (Å²) in [4.78, 5) is 19.7. The Labute approximate surface area is 408 Å². The molecule has 328 valence electrons. The van der Waals surface area contributed by atoms with Crippen LogP contribution in [0.4, 0.5) is 5.69 Å². The molecule has 0 saturated heterocycles. The second-order valence-electron chi connectivity index (χ2n) is 17.4. The fourth-order valence-electron chi connectivity index (χ4n) is 10.3. The Bertz CT molecular complexity index is 3730. The summed E-state index contributed by atoms with van der Waals surface area (Å²) >= 11 is 0. The topological polar surface area (TPSA) is 48.0 Å². The highest BCUT2D eigenvalue weighted by Crippen LogP contribution is 2.40. The molecule has 10 aromatic carbocycles. The second kappa shape index (κ2) is 18.1. The molecule has 0 atom stereocenters. The number of hydrogen-bond donors (Lipinski definition) is 0. The van der Waals surface area contributed by atoms with E-state index in [1.54, 1.807) is 0 Å². The molecule has 0 N–H and O–H groups in total. The van der Waals surface area contributed by atoms with Gasteiger partial charge in [-0.05, 0) is 67.3 Å². The molecule has 0 saturated carbocycles. The standard InChI is InChI=1S/C64H43N5Si/c1-65-59-36-19-17-34-55(59)48-38-40-57-56-35-18-20-37-60(56)69(61(57)43-48)49-39-41-54(58(44-49)64-67-62(45-22-7-2-8-23-45)66-63(68-64)46-24-9-3-10-25-46)47-26-21-33-53(42-47)70(50-27-11-4-12-28-50,51-29-13-5-14-30-51)52-31-15-6-16-32-52/h2-44H. The van der Waals surface area contributed by atoms with Gasteiger partial charge >= 0.3 is 0 Å². The van der Waals surface area contributed by atoms with Crippen LogP contribution < -0.4 is 20.7 Å². The van der Waals surface area contributed by atoms with Crippen LogP contribution in [-0.2, 0) is 0 Å². The summed E-state index contributed by atoms with van der Waals surface area (Å²) in [5.74, 6) is 1.76. The van der Waals surface area contributed by atoms with E-state index in [2.05, 4.69) is 210 Å². The lowest BCUT2D eigenvalue weighted by Gasteiger charge is -2.34. The zero-order valence-corrected chi connectivity index (χ0v) is 39.1. The number of fused-ring (bicyclic) bond motifs is 3. The zero-order valence-electron chi connectivity index (χ0n) is 38.1. The van der Waals surface area contributed by atoms with Gasteiger partial charge in [0.15, 0.2) is 31.2 Å². The van der Waals surface area contributed by atoms with Crippen molar-refractivity contribution >= 4 is 56.3 Å². The van der Waals surface area contributed by atoms with E-state index >= 15 is 0 Å². The summed E-state index contributed by atoms with van der Waals surface area (Å²) in [6.07, 6.45) is 0. The Morgan fingerprint density at radius 3 is 1.43 bits per heavy atom. The number of rotatable bonds is 10. The van der Waals surface area contributed by atoms with Gasteiger partial charge in [-0.15, -0.1) is 0 Å². The Kier molecular flexibility index (Phi) is 10.9. The van der Waals surface area contributed by atoms with Gasteiger partial charge in [-0.2, -0.15) is 0 Å². The molecule has 6 heteroatoms. The third-order valence-corrected chi connectivity index (χ3v) is 18.2. The summed E-state index contributed by atoms with van der Waals surface area (Å²) in [5.41, 5.74) is 10.3. The van der Waals surface area contributed by atoms with E-state index in [9.17, 15) is 0 Å². The fraction of sp³-hybridized carbons (Fsp3) is 0. The van der Waals surface area contributed by atoms with E-state index in [1.165, 1.54) is 20.7 Å². The molecule has 2 aromatic heterocycles. The van der Waals surface area contributed by atoms with Crippen LogP contribution in [0.15, 0.2) is 261 Å². The number of para-hydroxylation sites is 2. The third kappa shape index (κ3) is 7.39. The van der Waals surface area contributed by atoms with Crippen LogP contribution in [-0.4, -0.2) is 27.6 Å². The quantitative estimate of drug-likeness (QED) is 0.0780. The van der Waals surface area contributed by atoms with Crippen LogP contribution in [0.25, 0.3) is 88.8 Å². The number of benzene rings is 10. The average Bonchev–Trinajstić information content (AvgIpc) is 3.78. The minimum atomic E-state index is -2.89. The highest BCUT2D eigenvalue weighted by Gasteiger charge is 2.41. The maximum absolute atomic E-state index is 7.98. The first-order valence-electron chi connectivity index (χ1n) is 23.5. The number of aromatic nitrogens is 4. The molecule has 2 heterocycles. The van der Waals surface area contributed by atoms with Crippen LogP contribution >= 0.6 is 0 Å². The summed E-state index contributed by atoms with van der Waals surface area (Å²) in [7, 11) is -2.89. The van der Waals surface area contributed by atoms with Crippen LogP contribution in [0.5, 0.6) is 0 Å². The molecule has 0 spiro atoms. The van der Waals surface area contributed by atoms with E-state index in [-0.39, 0.29) is 0 Å². The van der Waals surface area contributed by atoms with Crippen molar-refractivity contribution in [1.29, 1.82) is 0 Å². The van der Waals surface area contributed by atoms with Crippen molar-refractivity contribution in [3.8, 4) is 62.1 Å². The lowest BCUT2D eigenvalue weighted by molar-refractivity contribution is 1.07. The molecule has 5 nitrogen and oxygen atoms in total. The van der Waals surface area contributed by atoms with Crippen molar-refractivity contribution in [1.82, 2.24) is 19.5 Å². The molecule has 12 aromatic rings. The van der Waals surface area contributed by atoms with E-state index in [0.717, 1.165) is 66.4 Å². The summed E-state index contributed by atoms with van der Waals surface area (Å²) in [6, 6.07) is 92.3. The molecular formula is C64H43N5Si. The molecule has 0 radical (unpaired) electrons. The monoisotopic (exact) mass is 909 g/mol. The number of nitrogens with zero attached hydrogens (tertiary/aromatic N) is 5. The van der Waals surface area contributed by atoms with Crippen LogP contribution in [0.2, 0.25) is 0 Å². The first-order chi connectivity index (χ1) is 34.7. The maximum atomic E-state index is 7.98. The lowest BCUT2D eigenvalue weighted by atomic mass is 9.98. The largest absolute Gasteiger partial charge is 0.309 e. The molecule has 0 bridgehead atoms. The predicted molar refractivity (Wildman–Crippen MR) is 291 cm³/mol. The van der Waals surface area contributed by atoms with Crippen LogP contribution in [0.3, 0.4) is 0 Å². The van der Waals surface area contributed by atoms with Gasteiger partial charge in [0.2, 0.25) is 0 Å². The first kappa shape index (κ1) is 42.1. The van der Waals surface area contributed by atoms with Gasteiger partial charge in [0, 0.05) is 33.2 Å². The van der Waals surface area contributed by atoms with Crippen molar-refractivity contribution in [2.45, 2.75) is 0 Å². The minimum absolute atomic E-state index is 0.570. The van der Waals surface area contributed by atoms with Crippen molar-refractivity contribution in [3.63, 3.8) is 0 Å². The van der Waals surface area contributed by atoms with Gasteiger partial charge in [0.05, 0.1) is 17.6 Å².